The first-order valence-electron chi connectivity index (χ1n) is 7.54. The van der Waals surface area contributed by atoms with Crippen LogP contribution in [0.3, 0.4) is 0 Å². The van der Waals surface area contributed by atoms with Crippen LogP contribution in [-0.2, 0) is 0 Å². The summed E-state index contributed by atoms with van der Waals surface area (Å²) >= 11 is 0. The maximum absolute atomic E-state index is 13.0. The lowest BCUT2D eigenvalue weighted by atomic mass is 9.87. The summed E-state index contributed by atoms with van der Waals surface area (Å²) in [6.45, 7) is 3.79. The lowest BCUT2D eigenvalue weighted by Gasteiger charge is -2.17. The predicted molar refractivity (Wildman–Crippen MR) is 87.3 cm³/mol. The van der Waals surface area contributed by atoms with E-state index in [1.165, 1.54) is 0 Å². The quantitative estimate of drug-likeness (QED) is 0.806. The Balaban J connectivity index is 2.50. The topological polar surface area (TPSA) is 57.5 Å². The summed E-state index contributed by atoms with van der Waals surface area (Å²) < 4.78 is 0. The summed E-state index contributed by atoms with van der Waals surface area (Å²) in [6, 6.07) is 14.8. The van der Waals surface area contributed by atoms with Crippen molar-refractivity contribution in [3.63, 3.8) is 0 Å². The summed E-state index contributed by atoms with van der Waals surface area (Å²) in [5.74, 6) is -0.253. The van der Waals surface area contributed by atoms with Gasteiger partial charge in [-0.05, 0) is 11.1 Å². The molecule has 0 bridgehead atoms. The molecule has 2 rings (SSSR count). The highest BCUT2D eigenvalue weighted by Crippen LogP contribution is 2.26. The first-order valence-corrected chi connectivity index (χ1v) is 7.54. The first-order chi connectivity index (χ1) is 10.6. The molecule has 0 aliphatic carbocycles. The molecule has 0 radical (unpaired) electrons. The molecule has 2 aromatic rings. The minimum Gasteiger partial charge on any atom is -0.396 e. The van der Waals surface area contributed by atoms with E-state index >= 15 is 0 Å². The standard InChI is InChI=1S/C19H22O3/c1-13(11-20)15-7-3-5-9-17(15)19(22)18-10-6-4-8-16(18)14(2)12-21/h3-10,13-14,20-21H,11-12H2,1-2H3. The third-order valence-corrected chi connectivity index (χ3v) is 4.02. The van der Waals surface area contributed by atoms with Gasteiger partial charge in [0.2, 0.25) is 0 Å². The van der Waals surface area contributed by atoms with Gasteiger partial charge in [-0.1, -0.05) is 62.4 Å². The fraction of sp³-hybridized carbons (Fsp3) is 0.316. The highest BCUT2D eigenvalue weighted by molar-refractivity contribution is 6.11. The molecule has 0 aromatic heterocycles. The smallest absolute Gasteiger partial charge is 0.193 e. The van der Waals surface area contributed by atoms with Crippen LogP contribution in [0.4, 0.5) is 0 Å². The van der Waals surface area contributed by atoms with E-state index < -0.39 is 0 Å². The molecule has 2 unspecified atom stereocenters. The van der Waals surface area contributed by atoms with Crippen LogP contribution in [0, 0.1) is 0 Å². The molecule has 22 heavy (non-hydrogen) atoms. The molecule has 0 heterocycles. The van der Waals surface area contributed by atoms with Crippen molar-refractivity contribution in [2.75, 3.05) is 13.2 Å². The first kappa shape index (κ1) is 16.4. The van der Waals surface area contributed by atoms with E-state index in [1.807, 2.05) is 50.2 Å². The fourth-order valence-electron chi connectivity index (χ4n) is 2.61. The Morgan fingerprint density at radius 3 is 1.55 bits per heavy atom. The molecule has 2 N–H and O–H groups in total. The summed E-state index contributed by atoms with van der Waals surface area (Å²) in [5.41, 5.74) is 2.92. The number of rotatable bonds is 6. The van der Waals surface area contributed by atoms with Crippen LogP contribution >= 0.6 is 0 Å². The zero-order chi connectivity index (χ0) is 16.1. The largest absolute Gasteiger partial charge is 0.396 e. The molecular weight excluding hydrogens is 276 g/mol. The Hall–Kier alpha value is -1.97. The van der Waals surface area contributed by atoms with E-state index in [0.29, 0.717) is 11.1 Å². The number of aliphatic hydroxyl groups excluding tert-OH is 2. The second-order valence-corrected chi connectivity index (χ2v) is 5.67. The molecule has 0 spiro atoms. The van der Waals surface area contributed by atoms with Gasteiger partial charge in [0, 0.05) is 36.2 Å². The van der Waals surface area contributed by atoms with Gasteiger partial charge in [-0.3, -0.25) is 4.79 Å². The molecule has 0 amide bonds. The van der Waals surface area contributed by atoms with Crippen molar-refractivity contribution in [3.05, 3.63) is 70.8 Å². The number of carbonyl (C=O) groups excluding carboxylic acids is 1. The van der Waals surface area contributed by atoms with Crippen LogP contribution < -0.4 is 0 Å². The summed E-state index contributed by atoms with van der Waals surface area (Å²) in [5, 5.41) is 18.8. The van der Waals surface area contributed by atoms with Gasteiger partial charge in [0.1, 0.15) is 0 Å². The van der Waals surface area contributed by atoms with Crippen LogP contribution in [0.5, 0.6) is 0 Å². The normalized spacial score (nSPS) is 13.6. The van der Waals surface area contributed by atoms with Gasteiger partial charge < -0.3 is 10.2 Å². The van der Waals surface area contributed by atoms with E-state index in [4.69, 9.17) is 0 Å². The predicted octanol–water partition coefficient (Wildman–Crippen LogP) is 3.11. The van der Waals surface area contributed by atoms with E-state index in [0.717, 1.165) is 11.1 Å². The molecule has 3 nitrogen and oxygen atoms in total. The van der Waals surface area contributed by atoms with Crippen molar-refractivity contribution in [1.82, 2.24) is 0 Å². The number of carbonyl (C=O) groups is 1. The second-order valence-electron chi connectivity index (χ2n) is 5.67. The highest BCUT2D eigenvalue weighted by atomic mass is 16.3. The van der Waals surface area contributed by atoms with E-state index in [-0.39, 0.29) is 30.8 Å². The maximum atomic E-state index is 13.0. The average molecular weight is 298 g/mol. The van der Waals surface area contributed by atoms with E-state index in [9.17, 15) is 15.0 Å². The number of benzene rings is 2. The Bertz CT molecular complexity index is 593. The van der Waals surface area contributed by atoms with Gasteiger partial charge >= 0.3 is 0 Å². The zero-order valence-electron chi connectivity index (χ0n) is 13.0. The van der Waals surface area contributed by atoms with E-state index in [2.05, 4.69) is 0 Å². The van der Waals surface area contributed by atoms with Gasteiger partial charge in [0.05, 0.1) is 0 Å². The SMILES string of the molecule is CC(CO)c1ccccc1C(=O)c1ccccc1C(C)CO. The van der Waals surface area contributed by atoms with Gasteiger partial charge in [0.25, 0.3) is 0 Å². The minimum absolute atomic E-state index is 0.00101. The molecule has 116 valence electrons. The molecule has 0 fully saturated rings. The van der Waals surface area contributed by atoms with Crippen molar-refractivity contribution in [2.24, 2.45) is 0 Å². The Morgan fingerprint density at radius 2 is 1.18 bits per heavy atom. The number of hydrogen-bond acceptors (Lipinski definition) is 3. The Kier molecular flexibility index (Phi) is 5.47. The number of aliphatic hydroxyl groups is 2. The monoisotopic (exact) mass is 298 g/mol. The van der Waals surface area contributed by atoms with Gasteiger partial charge in [-0.25, -0.2) is 0 Å². The fourth-order valence-corrected chi connectivity index (χ4v) is 2.61. The zero-order valence-corrected chi connectivity index (χ0v) is 13.0. The van der Waals surface area contributed by atoms with Gasteiger partial charge in [0.15, 0.2) is 5.78 Å². The lowest BCUT2D eigenvalue weighted by molar-refractivity contribution is 0.103. The van der Waals surface area contributed by atoms with Crippen molar-refractivity contribution in [3.8, 4) is 0 Å². The van der Waals surface area contributed by atoms with Crippen molar-refractivity contribution in [1.29, 1.82) is 0 Å². The number of hydrogen-bond donors (Lipinski definition) is 2. The summed E-state index contributed by atoms with van der Waals surface area (Å²) in [7, 11) is 0. The van der Waals surface area contributed by atoms with E-state index in [1.54, 1.807) is 12.1 Å². The minimum atomic E-state index is -0.0948. The number of ketones is 1. The maximum Gasteiger partial charge on any atom is 0.193 e. The van der Waals surface area contributed by atoms with Crippen molar-refractivity contribution < 1.29 is 15.0 Å². The molecule has 2 aromatic carbocycles. The van der Waals surface area contributed by atoms with Crippen LogP contribution in [0.2, 0.25) is 0 Å². The third kappa shape index (κ3) is 3.26. The van der Waals surface area contributed by atoms with Crippen LogP contribution in [0.1, 0.15) is 52.7 Å². The third-order valence-electron chi connectivity index (χ3n) is 4.02. The van der Waals surface area contributed by atoms with Crippen LogP contribution in [-0.4, -0.2) is 29.2 Å². The Labute approximate surface area is 131 Å². The molecule has 3 heteroatoms. The molecule has 0 aliphatic heterocycles. The molecule has 0 saturated heterocycles. The molecule has 2 atom stereocenters. The van der Waals surface area contributed by atoms with Crippen molar-refractivity contribution in [2.45, 2.75) is 25.7 Å². The second kappa shape index (κ2) is 7.34. The van der Waals surface area contributed by atoms with Gasteiger partial charge in [-0.15, -0.1) is 0 Å². The summed E-state index contributed by atoms with van der Waals surface area (Å²) in [4.78, 5) is 13.0. The summed E-state index contributed by atoms with van der Waals surface area (Å²) in [6.07, 6.45) is 0. The van der Waals surface area contributed by atoms with Crippen LogP contribution in [0.25, 0.3) is 0 Å². The van der Waals surface area contributed by atoms with Gasteiger partial charge in [-0.2, -0.15) is 0 Å². The average Bonchev–Trinajstić information content (AvgIpc) is 2.59. The molecule has 0 aliphatic rings. The molecular formula is C19H22O3. The molecule has 0 saturated carbocycles. The van der Waals surface area contributed by atoms with Crippen molar-refractivity contribution >= 4 is 5.78 Å². The highest BCUT2D eigenvalue weighted by Gasteiger charge is 2.20. The van der Waals surface area contributed by atoms with Crippen LogP contribution in [0.15, 0.2) is 48.5 Å². The Morgan fingerprint density at radius 1 is 0.818 bits per heavy atom. The lowest BCUT2D eigenvalue weighted by Crippen LogP contribution is -2.13.